The molecule has 0 fully saturated rings. The highest BCUT2D eigenvalue weighted by Gasteiger charge is 2.21. The number of nitrogens with one attached hydrogen (secondary N) is 1. The SMILES string of the molecule is Cn1ccc(S(=O)(=O)Nc2cc(F)c(C(=O)O)c(F)c2)n1. The number of nitrogens with zero attached hydrogens (tertiary/aromatic N) is 2. The number of hydrogen-bond acceptors (Lipinski definition) is 4. The van der Waals surface area contributed by atoms with Gasteiger partial charge < -0.3 is 5.11 Å². The number of aromatic nitrogens is 2. The molecule has 1 aromatic heterocycles. The van der Waals surface area contributed by atoms with E-state index in [1.165, 1.54) is 24.0 Å². The van der Waals surface area contributed by atoms with Crippen LogP contribution in [0.4, 0.5) is 14.5 Å². The Bertz CT molecular complexity index is 794. The number of carbonyl (C=O) groups is 1. The van der Waals surface area contributed by atoms with Crippen molar-refractivity contribution in [3.63, 3.8) is 0 Å². The van der Waals surface area contributed by atoms with Crippen molar-refractivity contribution in [3.05, 3.63) is 41.6 Å². The predicted octanol–water partition coefficient (Wildman–Crippen LogP) is 1.20. The summed E-state index contributed by atoms with van der Waals surface area (Å²) in [5.41, 5.74) is -1.60. The summed E-state index contributed by atoms with van der Waals surface area (Å²) in [7, 11) is -2.62. The number of carboxylic acid groups (broad SMARTS) is 1. The summed E-state index contributed by atoms with van der Waals surface area (Å²) in [4.78, 5) is 10.6. The summed E-state index contributed by atoms with van der Waals surface area (Å²) in [6.07, 6.45) is 1.38. The summed E-state index contributed by atoms with van der Waals surface area (Å²) in [5.74, 6) is -4.56. The van der Waals surface area contributed by atoms with Gasteiger partial charge in [0.25, 0.3) is 10.0 Å². The van der Waals surface area contributed by atoms with Crippen LogP contribution in [-0.4, -0.2) is 29.3 Å². The van der Waals surface area contributed by atoms with Gasteiger partial charge >= 0.3 is 5.97 Å². The lowest BCUT2D eigenvalue weighted by molar-refractivity contribution is 0.0686. The summed E-state index contributed by atoms with van der Waals surface area (Å²) >= 11 is 0. The number of aromatic carboxylic acids is 1. The Morgan fingerprint density at radius 2 is 1.90 bits per heavy atom. The first kappa shape index (κ1) is 14.9. The molecule has 1 heterocycles. The van der Waals surface area contributed by atoms with Crippen LogP contribution in [0.5, 0.6) is 0 Å². The van der Waals surface area contributed by atoms with Gasteiger partial charge in [-0.3, -0.25) is 9.40 Å². The predicted molar refractivity (Wildman–Crippen MR) is 67.3 cm³/mol. The topological polar surface area (TPSA) is 101 Å². The van der Waals surface area contributed by atoms with Crippen molar-refractivity contribution in [2.45, 2.75) is 5.03 Å². The number of anilines is 1. The molecule has 0 atom stereocenters. The molecule has 0 saturated carbocycles. The first-order chi connectivity index (χ1) is 9.70. The molecule has 112 valence electrons. The molecule has 21 heavy (non-hydrogen) atoms. The van der Waals surface area contributed by atoms with E-state index in [0.717, 1.165) is 0 Å². The molecule has 0 radical (unpaired) electrons. The molecule has 0 bridgehead atoms. The lowest BCUT2D eigenvalue weighted by atomic mass is 10.2. The molecule has 0 aliphatic heterocycles. The maximum absolute atomic E-state index is 13.5. The lowest BCUT2D eigenvalue weighted by Crippen LogP contribution is -2.15. The maximum Gasteiger partial charge on any atom is 0.341 e. The molecule has 7 nitrogen and oxygen atoms in total. The van der Waals surface area contributed by atoms with Crippen LogP contribution in [0.25, 0.3) is 0 Å². The molecule has 0 saturated heterocycles. The lowest BCUT2D eigenvalue weighted by Gasteiger charge is -2.07. The van der Waals surface area contributed by atoms with Gasteiger partial charge in [-0.05, 0) is 18.2 Å². The van der Waals surface area contributed by atoms with E-state index >= 15 is 0 Å². The fraction of sp³-hybridized carbons (Fsp3) is 0.0909. The van der Waals surface area contributed by atoms with Crippen LogP contribution in [0.1, 0.15) is 10.4 Å². The van der Waals surface area contributed by atoms with E-state index in [0.29, 0.717) is 12.1 Å². The highest BCUT2D eigenvalue weighted by Crippen LogP contribution is 2.21. The van der Waals surface area contributed by atoms with Crippen LogP contribution in [0.3, 0.4) is 0 Å². The van der Waals surface area contributed by atoms with Gasteiger partial charge in [-0.25, -0.2) is 13.6 Å². The molecule has 0 spiro atoms. The van der Waals surface area contributed by atoms with Crippen LogP contribution in [0.2, 0.25) is 0 Å². The van der Waals surface area contributed by atoms with E-state index < -0.39 is 38.9 Å². The largest absolute Gasteiger partial charge is 0.477 e. The van der Waals surface area contributed by atoms with E-state index in [9.17, 15) is 22.0 Å². The second-order valence-electron chi connectivity index (χ2n) is 4.05. The van der Waals surface area contributed by atoms with Gasteiger partial charge in [-0.1, -0.05) is 0 Å². The maximum atomic E-state index is 13.5. The summed E-state index contributed by atoms with van der Waals surface area (Å²) in [6, 6.07) is 2.35. The average Bonchev–Trinajstić information content (AvgIpc) is 2.74. The Hall–Kier alpha value is -2.49. The molecular formula is C11H9F2N3O4S. The van der Waals surface area contributed by atoms with E-state index in [1.54, 1.807) is 0 Å². The molecular weight excluding hydrogens is 308 g/mol. The van der Waals surface area contributed by atoms with E-state index in [-0.39, 0.29) is 5.03 Å². The van der Waals surface area contributed by atoms with Crippen LogP contribution >= 0.6 is 0 Å². The van der Waals surface area contributed by atoms with Crippen LogP contribution < -0.4 is 4.72 Å². The molecule has 0 aliphatic carbocycles. The molecule has 2 aromatic rings. The number of rotatable bonds is 4. The van der Waals surface area contributed by atoms with Crippen molar-refractivity contribution < 1.29 is 27.1 Å². The van der Waals surface area contributed by atoms with Crippen molar-refractivity contribution in [2.75, 3.05) is 4.72 Å². The van der Waals surface area contributed by atoms with Gasteiger partial charge in [0.05, 0.1) is 5.69 Å². The van der Waals surface area contributed by atoms with Gasteiger partial charge in [0.2, 0.25) is 0 Å². The van der Waals surface area contributed by atoms with Crippen LogP contribution in [-0.2, 0) is 17.1 Å². The minimum absolute atomic E-state index is 0.340. The standard InChI is InChI=1S/C11H9F2N3O4S/c1-16-3-2-9(14-16)21(19,20)15-6-4-7(12)10(11(17)18)8(13)5-6/h2-5,15H,1H3,(H,17,18). The van der Waals surface area contributed by atoms with Gasteiger partial charge in [0, 0.05) is 13.2 Å². The zero-order chi connectivity index (χ0) is 15.8. The highest BCUT2D eigenvalue weighted by atomic mass is 32.2. The zero-order valence-electron chi connectivity index (χ0n) is 10.5. The third-order valence-corrected chi connectivity index (χ3v) is 3.75. The van der Waals surface area contributed by atoms with E-state index in [4.69, 9.17) is 5.11 Å². The molecule has 2 N–H and O–H groups in total. The Morgan fingerprint density at radius 3 is 2.33 bits per heavy atom. The quantitative estimate of drug-likeness (QED) is 0.882. The number of hydrogen-bond donors (Lipinski definition) is 2. The monoisotopic (exact) mass is 317 g/mol. The van der Waals surface area contributed by atoms with Crippen molar-refractivity contribution in [2.24, 2.45) is 7.05 Å². The van der Waals surface area contributed by atoms with Crippen molar-refractivity contribution >= 4 is 21.7 Å². The smallest absolute Gasteiger partial charge is 0.341 e. The van der Waals surface area contributed by atoms with E-state index in [2.05, 4.69) is 5.10 Å². The fourth-order valence-electron chi connectivity index (χ4n) is 1.58. The molecule has 0 amide bonds. The Morgan fingerprint density at radius 1 is 1.33 bits per heavy atom. The number of sulfonamides is 1. The van der Waals surface area contributed by atoms with Crippen LogP contribution in [0, 0.1) is 11.6 Å². The summed E-state index contributed by atoms with van der Waals surface area (Å²) in [5, 5.41) is 11.9. The van der Waals surface area contributed by atoms with Gasteiger partial charge in [-0.15, -0.1) is 0 Å². The first-order valence-corrected chi connectivity index (χ1v) is 6.94. The number of benzene rings is 1. The number of halogens is 2. The van der Waals surface area contributed by atoms with Gasteiger partial charge in [0.15, 0.2) is 5.03 Å². The van der Waals surface area contributed by atoms with Crippen molar-refractivity contribution in [1.29, 1.82) is 0 Å². The minimum atomic E-state index is -4.12. The van der Waals surface area contributed by atoms with E-state index in [1.807, 2.05) is 4.72 Å². The molecule has 2 rings (SSSR count). The Kier molecular flexibility index (Phi) is 3.64. The average molecular weight is 317 g/mol. The second kappa shape index (κ2) is 5.13. The number of carboxylic acids is 1. The summed E-state index contributed by atoms with van der Waals surface area (Å²) in [6.45, 7) is 0. The van der Waals surface area contributed by atoms with Crippen LogP contribution in [0.15, 0.2) is 29.4 Å². The Balaban J connectivity index is 2.39. The normalized spacial score (nSPS) is 11.4. The van der Waals surface area contributed by atoms with Crippen molar-refractivity contribution in [3.8, 4) is 0 Å². The van der Waals surface area contributed by atoms with Gasteiger partial charge in [-0.2, -0.15) is 13.5 Å². The minimum Gasteiger partial charge on any atom is -0.477 e. The summed E-state index contributed by atoms with van der Waals surface area (Å²) < 4.78 is 53.9. The molecule has 10 heteroatoms. The number of aryl methyl sites for hydroxylation is 1. The Labute approximate surface area is 117 Å². The third kappa shape index (κ3) is 2.99. The first-order valence-electron chi connectivity index (χ1n) is 5.45. The van der Waals surface area contributed by atoms with Gasteiger partial charge in [0.1, 0.15) is 17.2 Å². The molecule has 1 aromatic carbocycles. The molecule has 0 aliphatic rings. The fourth-order valence-corrected chi connectivity index (χ4v) is 2.59. The second-order valence-corrected chi connectivity index (χ2v) is 5.68. The van der Waals surface area contributed by atoms with Crippen molar-refractivity contribution in [1.82, 2.24) is 9.78 Å². The third-order valence-electron chi connectivity index (χ3n) is 2.47. The highest BCUT2D eigenvalue weighted by molar-refractivity contribution is 7.92. The molecule has 0 unspecified atom stereocenters. The zero-order valence-corrected chi connectivity index (χ0v) is 11.4.